The summed E-state index contributed by atoms with van der Waals surface area (Å²) < 4.78 is 13.8. The van der Waals surface area contributed by atoms with Crippen LogP contribution in [0.4, 0.5) is 4.39 Å². The van der Waals surface area contributed by atoms with Crippen LogP contribution in [0.25, 0.3) is 0 Å². The van der Waals surface area contributed by atoms with Crippen LogP contribution in [0.5, 0.6) is 0 Å². The second-order valence-corrected chi connectivity index (χ2v) is 5.86. The van der Waals surface area contributed by atoms with Crippen LogP contribution < -0.4 is 5.73 Å². The second-order valence-electron chi connectivity index (χ2n) is 3.99. The molecule has 1 nitrogen and oxygen atoms in total. The van der Waals surface area contributed by atoms with Crippen LogP contribution in [-0.2, 0) is 12.3 Å². The lowest BCUT2D eigenvalue weighted by molar-refractivity contribution is 0.615. The highest BCUT2D eigenvalue weighted by Gasteiger charge is 2.05. The van der Waals surface area contributed by atoms with Crippen LogP contribution in [-0.4, -0.2) is 0 Å². The maximum absolute atomic E-state index is 13.8. The van der Waals surface area contributed by atoms with Gasteiger partial charge in [0.25, 0.3) is 0 Å². The summed E-state index contributed by atoms with van der Waals surface area (Å²) >= 11 is 13.3. The van der Waals surface area contributed by atoms with E-state index in [1.54, 1.807) is 18.2 Å². The van der Waals surface area contributed by atoms with Gasteiger partial charge in [-0.05, 0) is 35.4 Å². The molecule has 2 rings (SSSR count). The molecule has 0 unspecified atom stereocenters. The SMILES string of the molecule is NCc1ccc(CSc2ccc(Cl)c(Cl)c2)c(F)c1. The Morgan fingerprint density at radius 2 is 1.84 bits per heavy atom. The standard InChI is InChI=1S/C14H12Cl2FNS/c15-12-4-3-11(6-13(12)16)19-8-10-2-1-9(7-18)5-14(10)17/h1-6H,7-8,18H2. The smallest absolute Gasteiger partial charge is 0.127 e. The summed E-state index contributed by atoms with van der Waals surface area (Å²) in [5.41, 5.74) is 6.90. The Morgan fingerprint density at radius 3 is 2.47 bits per heavy atom. The summed E-state index contributed by atoms with van der Waals surface area (Å²) in [6.07, 6.45) is 0. The summed E-state index contributed by atoms with van der Waals surface area (Å²) in [6, 6.07) is 10.5. The molecule has 0 heterocycles. The van der Waals surface area contributed by atoms with Crippen molar-refractivity contribution >= 4 is 35.0 Å². The van der Waals surface area contributed by atoms with Crippen molar-refractivity contribution in [2.45, 2.75) is 17.2 Å². The fourth-order valence-corrected chi connectivity index (χ4v) is 2.85. The summed E-state index contributed by atoms with van der Waals surface area (Å²) in [4.78, 5) is 0.955. The predicted molar refractivity (Wildman–Crippen MR) is 80.3 cm³/mol. The molecular formula is C14H12Cl2FNS. The molecule has 0 aliphatic heterocycles. The van der Waals surface area contributed by atoms with Crippen molar-refractivity contribution in [2.24, 2.45) is 5.73 Å². The van der Waals surface area contributed by atoms with Gasteiger partial charge in [-0.2, -0.15) is 0 Å². The van der Waals surface area contributed by atoms with Crippen molar-refractivity contribution < 1.29 is 4.39 Å². The van der Waals surface area contributed by atoms with Crippen LogP contribution in [0.1, 0.15) is 11.1 Å². The highest BCUT2D eigenvalue weighted by Crippen LogP contribution is 2.30. The Labute approximate surface area is 125 Å². The molecule has 0 amide bonds. The van der Waals surface area contributed by atoms with E-state index in [0.717, 1.165) is 10.5 Å². The molecule has 0 spiro atoms. The predicted octanol–water partition coefficient (Wildman–Crippen LogP) is 4.88. The van der Waals surface area contributed by atoms with Crippen molar-refractivity contribution in [1.82, 2.24) is 0 Å². The van der Waals surface area contributed by atoms with Gasteiger partial charge in [0.05, 0.1) is 10.0 Å². The van der Waals surface area contributed by atoms with Crippen molar-refractivity contribution in [1.29, 1.82) is 0 Å². The van der Waals surface area contributed by atoms with Crippen molar-refractivity contribution in [3.63, 3.8) is 0 Å². The molecule has 0 saturated heterocycles. The van der Waals surface area contributed by atoms with Gasteiger partial charge in [-0.3, -0.25) is 0 Å². The first kappa shape index (κ1) is 14.7. The number of halogens is 3. The molecule has 0 aromatic heterocycles. The van der Waals surface area contributed by atoms with E-state index >= 15 is 0 Å². The largest absolute Gasteiger partial charge is 0.326 e. The summed E-state index contributed by atoms with van der Waals surface area (Å²) in [6.45, 7) is 0.344. The van der Waals surface area contributed by atoms with Gasteiger partial charge < -0.3 is 5.73 Å². The van der Waals surface area contributed by atoms with Gasteiger partial charge >= 0.3 is 0 Å². The number of hydrogen-bond donors (Lipinski definition) is 1. The van der Waals surface area contributed by atoms with E-state index in [4.69, 9.17) is 28.9 Å². The highest BCUT2D eigenvalue weighted by atomic mass is 35.5. The minimum Gasteiger partial charge on any atom is -0.326 e. The molecule has 2 N–H and O–H groups in total. The van der Waals surface area contributed by atoms with Crippen molar-refractivity contribution in [2.75, 3.05) is 0 Å². The van der Waals surface area contributed by atoms with Crippen LogP contribution in [0.3, 0.4) is 0 Å². The average molecular weight is 316 g/mol. The fourth-order valence-electron chi connectivity index (χ4n) is 1.56. The third-order valence-electron chi connectivity index (χ3n) is 2.64. The van der Waals surface area contributed by atoms with E-state index in [-0.39, 0.29) is 5.82 Å². The zero-order valence-corrected chi connectivity index (χ0v) is 12.3. The lowest BCUT2D eigenvalue weighted by atomic mass is 10.1. The third kappa shape index (κ3) is 3.86. The quantitative estimate of drug-likeness (QED) is 0.813. The Bertz CT molecular complexity index is 590. The van der Waals surface area contributed by atoms with Gasteiger partial charge in [-0.15, -0.1) is 11.8 Å². The van der Waals surface area contributed by atoms with Gasteiger partial charge in [-0.25, -0.2) is 4.39 Å². The normalized spacial score (nSPS) is 10.7. The summed E-state index contributed by atoms with van der Waals surface area (Å²) in [5.74, 6) is 0.310. The molecule has 100 valence electrons. The Balaban J connectivity index is 2.07. The minimum absolute atomic E-state index is 0.226. The van der Waals surface area contributed by atoms with Gasteiger partial charge in [-0.1, -0.05) is 35.3 Å². The van der Waals surface area contributed by atoms with Crippen LogP contribution in [0.15, 0.2) is 41.3 Å². The van der Waals surface area contributed by atoms with E-state index in [1.807, 2.05) is 12.1 Å². The van der Waals surface area contributed by atoms with Crippen LogP contribution in [0.2, 0.25) is 10.0 Å². The summed E-state index contributed by atoms with van der Waals surface area (Å²) in [7, 11) is 0. The summed E-state index contributed by atoms with van der Waals surface area (Å²) in [5, 5.41) is 1.02. The third-order valence-corrected chi connectivity index (χ3v) is 4.42. The van der Waals surface area contributed by atoms with Gasteiger partial charge in [0, 0.05) is 17.2 Å². The zero-order chi connectivity index (χ0) is 13.8. The maximum Gasteiger partial charge on any atom is 0.127 e. The Kier molecular flexibility index (Phi) is 5.11. The van der Waals surface area contributed by atoms with E-state index in [9.17, 15) is 4.39 Å². The first-order valence-electron chi connectivity index (χ1n) is 5.65. The monoisotopic (exact) mass is 315 g/mol. The Morgan fingerprint density at radius 1 is 1.05 bits per heavy atom. The molecule has 0 atom stereocenters. The molecule has 0 aliphatic rings. The maximum atomic E-state index is 13.8. The van der Waals surface area contributed by atoms with E-state index in [1.165, 1.54) is 17.8 Å². The lowest BCUT2D eigenvalue weighted by Crippen LogP contribution is -1.98. The number of thioether (sulfide) groups is 1. The highest BCUT2D eigenvalue weighted by molar-refractivity contribution is 7.98. The minimum atomic E-state index is -0.226. The molecule has 19 heavy (non-hydrogen) atoms. The Hall–Kier alpha value is -0.740. The van der Waals surface area contributed by atoms with Gasteiger partial charge in [0.2, 0.25) is 0 Å². The fraction of sp³-hybridized carbons (Fsp3) is 0.143. The molecular weight excluding hydrogens is 304 g/mol. The number of nitrogens with two attached hydrogens (primary N) is 1. The van der Waals surface area contributed by atoms with Gasteiger partial charge in [0.1, 0.15) is 5.82 Å². The first-order chi connectivity index (χ1) is 9.10. The van der Waals surface area contributed by atoms with E-state index < -0.39 is 0 Å². The van der Waals surface area contributed by atoms with E-state index in [2.05, 4.69) is 0 Å². The topological polar surface area (TPSA) is 26.0 Å². The number of rotatable bonds is 4. The van der Waals surface area contributed by atoms with E-state index in [0.29, 0.717) is 27.9 Å². The molecule has 0 aliphatic carbocycles. The van der Waals surface area contributed by atoms with Crippen molar-refractivity contribution in [3.8, 4) is 0 Å². The van der Waals surface area contributed by atoms with Gasteiger partial charge in [0.15, 0.2) is 0 Å². The molecule has 0 radical (unpaired) electrons. The zero-order valence-electron chi connectivity index (χ0n) is 10.00. The average Bonchev–Trinajstić information content (AvgIpc) is 2.41. The second kappa shape index (κ2) is 6.62. The molecule has 2 aromatic carbocycles. The van der Waals surface area contributed by atoms with Crippen LogP contribution in [0, 0.1) is 5.82 Å². The molecule has 2 aromatic rings. The number of benzene rings is 2. The molecule has 0 bridgehead atoms. The number of hydrogen-bond acceptors (Lipinski definition) is 2. The van der Waals surface area contributed by atoms with Crippen LogP contribution >= 0.6 is 35.0 Å². The van der Waals surface area contributed by atoms with Crippen molar-refractivity contribution in [3.05, 3.63) is 63.4 Å². The first-order valence-corrected chi connectivity index (χ1v) is 7.39. The molecule has 5 heteroatoms. The molecule has 0 saturated carbocycles. The lowest BCUT2D eigenvalue weighted by Gasteiger charge is -2.06. The molecule has 0 fully saturated rings.